The minimum absolute atomic E-state index is 0.0420. The third kappa shape index (κ3) is 3.14. The summed E-state index contributed by atoms with van der Waals surface area (Å²) < 4.78 is 25.7. The van der Waals surface area contributed by atoms with Crippen molar-refractivity contribution in [2.45, 2.75) is 13.1 Å². The van der Waals surface area contributed by atoms with Crippen LogP contribution in [-0.2, 0) is 6.54 Å². The van der Waals surface area contributed by atoms with Crippen molar-refractivity contribution < 1.29 is 8.78 Å². The molecule has 1 aromatic carbocycles. The molecule has 11 heteroatoms. The van der Waals surface area contributed by atoms with Crippen LogP contribution in [0, 0.1) is 0 Å². The summed E-state index contributed by atoms with van der Waals surface area (Å²) >= 11 is 0. The number of nitrogens with two attached hydrogens (primary N) is 1. The molecule has 0 atom stereocenters. The molecule has 0 radical (unpaired) electrons. The van der Waals surface area contributed by atoms with E-state index in [0.717, 1.165) is 16.5 Å². The number of hydrogen-bond acceptors (Lipinski definition) is 7. The van der Waals surface area contributed by atoms with Crippen molar-refractivity contribution in [3.8, 4) is 11.4 Å². The Balaban J connectivity index is 1.57. The lowest BCUT2D eigenvalue weighted by Gasteiger charge is -2.06. The Hall–Kier alpha value is -3.63. The summed E-state index contributed by atoms with van der Waals surface area (Å²) in [6.45, 7) is -2.51. The smallest absolute Gasteiger partial charge is 0.333 e. The van der Waals surface area contributed by atoms with Crippen LogP contribution in [0.25, 0.3) is 22.3 Å². The van der Waals surface area contributed by atoms with E-state index in [4.69, 9.17) is 5.73 Å². The highest BCUT2D eigenvalue weighted by atomic mass is 19.3. The molecule has 0 saturated heterocycles. The molecule has 0 spiro atoms. The molecule has 26 heavy (non-hydrogen) atoms. The second kappa shape index (κ2) is 6.35. The molecule has 132 valence electrons. The van der Waals surface area contributed by atoms with Crippen molar-refractivity contribution >= 4 is 22.8 Å². The van der Waals surface area contributed by atoms with Crippen molar-refractivity contribution in [2.24, 2.45) is 0 Å². The van der Waals surface area contributed by atoms with Gasteiger partial charge in [-0.2, -0.15) is 33.9 Å². The van der Waals surface area contributed by atoms with Gasteiger partial charge in [-0.05, 0) is 12.1 Å². The molecule has 0 aliphatic carbocycles. The van der Waals surface area contributed by atoms with Gasteiger partial charge in [0.1, 0.15) is 0 Å². The maximum atomic E-state index is 12.5. The zero-order valence-electron chi connectivity index (χ0n) is 13.3. The molecular formula is C15H13F2N9. The van der Waals surface area contributed by atoms with Crippen LogP contribution in [0.4, 0.5) is 20.7 Å². The first-order valence-electron chi connectivity index (χ1n) is 7.59. The summed E-state index contributed by atoms with van der Waals surface area (Å²) in [4.78, 5) is 12.5. The quantitative estimate of drug-likeness (QED) is 0.500. The minimum atomic E-state index is -2.68. The van der Waals surface area contributed by atoms with Crippen molar-refractivity contribution in [1.29, 1.82) is 0 Å². The second-order valence-electron chi connectivity index (χ2n) is 5.43. The Morgan fingerprint density at radius 1 is 1.19 bits per heavy atom. The Morgan fingerprint density at radius 2 is 2.08 bits per heavy atom. The van der Waals surface area contributed by atoms with E-state index in [0.29, 0.717) is 16.2 Å². The minimum Gasteiger partial charge on any atom is -0.368 e. The summed E-state index contributed by atoms with van der Waals surface area (Å²) in [7, 11) is 0. The molecule has 0 bridgehead atoms. The zero-order chi connectivity index (χ0) is 18.1. The van der Waals surface area contributed by atoms with E-state index in [9.17, 15) is 8.78 Å². The van der Waals surface area contributed by atoms with E-state index in [1.54, 1.807) is 6.20 Å². The summed E-state index contributed by atoms with van der Waals surface area (Å²) in [5, 5.41) is 14.5. The fourth-order valence-corrected chi connectivity index (χ4v) is 2.43. The van der Waals surface area contributed by atoms with Crippen LogP contribution in [-0.4, -0.2) is 34.9 Å². The summed E-state index contributed by atoms with van der Waals surface area (Å²) in [6.07, 6.45) is 2.92. The molecule has 0 amide bonds. The number of aromatic amines is 1. The summed E-state index contributed by atoms with van der Waals surface area (Å²) in [6, 6.07) is 7.07. The SMILES string of the molecule is Nc1nc(NCc2ccn(C(F)F)n2)nc(-c2ccc3cn[nH]c3c2)n1. The lowest BCUT2D eigenvalue weighted by Crippen LogP contribution is -2.09. The molecule has 0 aliphatic heterocycles. The van der Waals surface area contributed by atoms with Crippen molar-refractivity contribution in [3.63, 3.8) is 0 Å². The lowest BCUT2D eigenvalue weighted by atomic mass is 10.1. The predicted molar refractivity (Wildman–Crippen MR) is 90.1 cm³/mol. The normalized spacial score (nSPS) is 11.3. The van der Waals surface area contributed by atoms with E-state index >= 15 is 0 Å². The molecule has 3 aromatic heterocycles. The van der Waals surface area contributed by atoms with E-state index < -0.39 is 6.55 Å². The average molecular weight is 357 g/mol. The van der Waals surface area contributed by atoms with Gasteiger partial charge in [-0.25, -0.2) is 4.68 Å². The summed E-state index contributed by atoms with van der Waals surface area (Å²) in [5.74, 6) is 0.652. The predicted octanol–water partition coefficient (Wildman–Crippen LogP) is 2.20. The second-order valence-corrected chi connectivity index (χ2v) is 5.43. The zero-order valence-corrected chi connectivity index (χ0v) is 13.3. The Kier molecular flexibility index (Phi) is 3.88. The summed E-state index contributed by atoms with van der Waals surface area (Å²) in [5.41, 5.74) is 7.76. The molecule has 0 unspecified atom stereocenters. The number of halogens is 2. The van der Waals surface area contributed by atoms with Crippen molar-refractivity contribution in [3.05, 3.63) is 42.4 Å². The fraction of sp³-hybridized carbons (Fsp3) is 0.133. The molecule has 3 heterocycles. The van der Waals surface area contributed by atoms with E-state index in [1.807, 2.05) is 18.2 Å². The molecule has 4 aromatic rings. The number of aromatic nitrogens is 7. The van der Waals surface area contributed by atoms with Crippen LogP contribution >= 0.6 is 0 Å². The first-order valence-corrected chi connectivity index (χ1v) is 7.59. The third-order valence-corrected chi connectivity index (χ3v) is 3.64. The first-order chi connectivity index (χ1) is 12.6. The third-order valence-electron chi connectivity index (χ3n) is 3.64. The number of alkyl halides is 2. The van der Waals surface area contributed by atoms with Gasteiger partial charge in [0.05, 0.1) is 24.0 Å². The van der Waals surface area contributed by atoms with Gasteiger partial charge in [-0.1, -0.05) is 12.1 Å². The van der Waals surface area contributed by atoms with Crippen LogP contribution in [0.1, 0.15) is 12.2 Å². The largest absolute Gasteiger partial charge is 0.368 e. The van der Waals surface area contributed by atoms with Crippen LogP contribution < -0.4 is 11.1 Å². The number of H-pyrrole nitrogens is 1. The topological polar surface area (TPSA) is 123 Å². The molecule has 0 fully saturated rings. The number of rotatable bonds is 5. The fourth-order valence-electron chi connectivity index (χ4n) is 2.43. The van der Waals surface area contributed by atoms with E-state index in [1.165, 1.54) is 12.3 Å². The maximum Gasteiger partial charge on any atom is 0.333 e. The highest BCUT2D eigenvalue weighted by Crippen LogP contribution is 2.21. The molecule has 0 aliphatic rings. The van der Waals surface area contributed by atoms with Crippen molar-refractivity contribution in [2.75, 3.05) is 11.1 Å². The number of nitrogens with zero attached hydrogens (tertiary/aromatic N) is 6. The standard InChI is InChI=1S/C15H13F2N9/c16-13(17)26-4-3-10(25-26)7-19-15-22-12(21-14(18)23-15)8-1-2-9-6-20-24-11(9)5-8/h1-6,13H,7H2,(H,20,24)(H3,18,19,21,22,23). The molecule has 9 nitrogen and oxygen atoms in total. The number of hydrogen-bond donors (Lipinski definition) is 3. The van der Waals surface area contributed by atoms with Gasteiger partial charge in [0, 0.05) is 17.1 Å². The van der Waals surface area contributed by atoms with Crippen LogP contribution in [0.2, 0.25) is 0 Å². The van der Waals surface area contributed by atoms with Crippen LogP contribution in [0.3, 0.4) is 0 Å². The first kappa shape index (κ1) is 15.9. The van der Waals surface area contributed by atoms with Crippen molar-refractivity contribution in [1.82, 2.24) is 34.9 Å². The molecule has 4 N–H and O–H groups in total. The van der Waals surface area contributed by atoms with Crippen LogP contribution in [0.15, 0.2) is 36.7 Å². The van der Waals surface area contributed by atoms with Gasteiger partial charge in [0.2, 0.25) is 11.9 Å². The number of benzene rings is 1. The van der Waals surface area contributed by atoms with Gasteiger partial charge in [0.25, 0.3) is 0 Å². The molecular weight excluding hydrogens is 344 g/mol. The monoisotopic (exact) mass is 357 g/mol. The van der Waals surface area contributed by atoms with Crippen LogP contribution in [0.5, 0.6) is 0 Å². The van der Waals surface area contributed by atoms with Gasteiger partial charge >= 0.3 is 6.55 Å². The lowest BCUT2D eigenvalue weighted by molar-refractivity contribution is 0.0562. The number of nitrogen functional groups attached to an aromatic ring is 1. The Labute approximate surface area is 145 Å². The van der Waals surface area contributed by atoms with E-state index in [2.05, 4.69) is 35.6 Å². The average Bonchev–Trinajstić information content (AvgIpc) is 3.28. The number of fused-ring (bicyclic) bond motifs is 1. The molecule has 4 rings (SSSR count). The Bertz CT molecular complexity index is 1060. The highest BCUT2D eigenvalue weighted by Gasteiger charge is 2.10. The maximum absolute atomic E-state index is 12.5. The highest BCUT2D eigenvalue weighted by molar-refractivity contribution is 5.82. The number of anilines is 2. The molecule has 0 saturated carbocycles. The van der Waals surface area contributed by atoms with E-state index in [-0.39, 0.29) is 18.4 Å². The van der Waals surface area contributed by atoms with Gasteiger partial charge in [-0.3, -0.25) is 5.10 Å². The van der Waals surface area contributed by atoms with Gasteiger partial charge < -0.3 is 11.1 Å². The Morgan fingerprint density at radius 3 is 2.88 bits per heavy atom. The van der Waals surface area contributed by atoms with Gasteiger partial charge in [-0.15, -0.1) is 0 Å². The van der Waals surface area contributed by atoms with Gasteiger partial charge in [0.15, 0.2) is 5.82 Å². The number of nitrogens with one attached hydrogen (secondary N) is 2.